The summed E-state index contributed by atoms with van der Waals surface area (Å²) in [4.78, 5) is 4.23. The van der Waals surface area contributed by atoms with E-state index < -0.39 is 6.43 Å². The van der Waals surface area contributed by atoms with Gasteiger partial charge in [-0.1, -0.05) is 18.2 Å². The number of rotatable bonds is 3. The summed E-state index contributed by atoms with van der Waals surface area (Å²) in [6, 6.07) is 13.4. The fraction of sp³-hybridized carbons (Fsp3) is 0.0625. The predicted octanol–water partition coefficient (Wildman–Crippen LogP) is 4.55. The molecule has 0 bridgehead atoms. The summed E-state index contributed by atoms with van der Waals surface area (Å²) in [7, 11) is 0. The standard InChI is InChI=1S/C16H12F2N2O/c17-16(18)13-8-11(19)5-6-15(13)21-12-7-10-3-1-2-4-14(10)20-9-12/h1-9,16H,19H2. The van der Waals surface area contributed by atoms with Gasteiger partial charge in [0.05, 0.1) is 17.3 Å². The van der Waals surface area contributed by atoms with Crippen molar-refractivity contribution in [2.45, 2.75) is 6.43 Å². The largest absolute Gasteiger partial charge is 0.455 e. The number of aromatic nitrogens is 1. The molecule has 2 aromatic carbocycles. The molecule has 3 rings (SSSR count). The molecule has 0 spiro atoms. The Labute approximate surface area is 120 Å². The summed E-state index contributed by atoms with van der Waals surface area (Å²) in [5.74, 6) is 0.483. The van der Waals surface area contributed by atoms with E-state index in [1.165, 1.54) is 24.4 Å². The van der Waals surface area contributed by atoms with E-state index in [4.69, 9.17) is 10.5 Å². The lowest BCUT2D eigenvalue weighted by Gasteiger charge is -2.11. The van der Waals surface area contributed by atoms with Crippen molar-refractivity contribution in [3.63, 3.8) is 0 Å². The van der Waals surface area contributed by atoms with Crippen molar-refractivity contribution in [1.82, 2.24) is 4.98 Å². The Hall–Kier alpha value is -2.69. The van der Waals surface area contributed by atoms with Gasteiger partial charge in [0.25, 0.3) is 6.43 Å². The second-order valence-corrected chi connectivity index (χ2v) is 4.56. The maximum Gasteiger partial charge on any atom is 0.267 e. The van der Waals surface area contributed by atoms with Crippen LogP contribution in [0.15, 0.2) is 54.7 Å². The molecule has 1 aromatic heterocycles. The van der Waals surface area contributed by atoms with E-state index in [2.05, 4.69) is 4.98 Å². The lowest BCUT2D eigenvalue weighted by Crippen LogP contribution is -1.95. The molecular formula is C16H12F2N2O. The molecule has 3 nitrogen and oxygen atoms in total. The minimum absolute atomic E-state index is 0.0799. The Kier molecular flexibility index (Phi) is 3.39. The number of hydrogen-bond acceptors (Lipinski definition) is 3. The minimum atomic E-state index is -2.66. The number of halogens is 2. The SMILES string of the molecule is Nc1ccc(Oc2cnc3ccccc3c2)c(C(F)F)c1. The van der Waals surface area contributed by atoms with Crippen molar-refractivity contribution in [3.8, 4) is 11.5 Å². The first-order chi connectivity index (χ1) is 10.1. The van der Waals surface area contributed by atoms with Gasteiger partial charge in [-0.2, -0.15) is 0 Å². The molecule has 0 unspecified atom stereocenters. The third kappa shape index (κ3) is 2.76. The highest BCUT2D eigenvalue weighted by Crippen LogP contribution is 2.34. The Balaban J connectivity index is 1.98. The van der Waals surface area contributed by atoms with Crippen molar-refractivity contribution in [3.05, 3.63) is 60.3 Å². The fourth-order valence-corrected chi connectivity index (χ4v) is 2.06. The first-order valence-electron chi connectivity index (χ1n) is 6.34. The maximum absolute atomic E-state index is 13.0. The van der Waals surface area contributed by atoms with Gasteiger partial charge in [0.15, 0.2) is 0 Å². The topological polar surface area (TPSA) is 48.1 Å². The molecular weight excluding hydrogens is 274 g/mol. The quantitative estimate of drug-likeness (QED) is 0.719. The van der Waals surface area contributed by atoms with Crippen molar-refractivity contribution in [2.75, 3.05) is 5.73 Å². The van der Waals surface area contributed by atoms with Gasteiger partial charge >= 0.3 is 0 Å². The molecule has 0 aliphatic rings. The van der Waals surface area contributed by atoms with Crippen LogP contribution in [0.2, 0.25) is 0 Å². The summed E-state index contributed by atoms with van der Waals surface area (Å²) in [6.45, 7) is 0. The molecule has 2 N–H and O–H groups in total. The van der Waals surface area contributed by atoms with Crippen molar-refractivity contribution < 1.29 is 13.5 Å². The second kappa shape index (κ2) is 5.36. The lowest BCUT2D eigenvalue weighted by molar-refractivity contribution is 0.148. The van der Waals surface area contributed by atoms with Gasteiger partial charge in [-0.15, -0.1) is 0 Å². The molecule has 106 valence electrons. The van der Waals surface area contributed by atoms with Crippen LogP contribution < -0.4 is 10.5 Å². The van der Waals surface area contributed by atoms with Gasteiger partial charge in [0.2, 0.25) is 0 Å². The average Bonchev–Trinajstić information content (AvgIpc) is 2.49. The van der Waals surface area contributed by atoms with Crippen LogP contribution in [0.3, 0.4) is 0 Å². The number of fused-ring (bicyclic) bond motifs is 1. The molecule has 0 aliphatic heterocycles. The molecule has 21 heavy (non-hydrogen) atoms. The van der Waals surface area contributed by atoms with Gasteiger partial charge in [0, 0.05) is 11.1 Å². The first kappa shape index (κ1) is 13.3. The lowest BCUT2D eigenvalue weighted by atomic mass is 10.2. The number of benzene rings is 2. The van der Waals surface area contributed by atoms with Crippen LogP contribution in [0.5, 0.6) is 11.5 Å². The van der Waals surface area contributed by atoms with E-state index in [0.29, 0.717) is 5.75 Å². The van der Waals surface area contributed by atoms with Crippen molar-refractivity contribution in [1.29, 1.82) is 0 Å². The first-order valence-corrected chi connectivity index (χ1v) is 6.34. The van der Waals surface area contributed by atoms with Gasteiger partial charge in [-0.3, -0.25) is 4.98 Å². The van der Waals surface area contributed by atoms with Crippen LogP contribution in [0.4, 0.5) is 14.5 Å². The number of nitrogen functional groups attached to an aromatic ring is 1. The van der Waals surface area contributed by atoms with Gasteiger partial charge in [-0.05, 0) is 30.3 Å². The second-order valence-electron chi connectivity index (χ2n) is 4.56. The highest BCUT2D eigenvalue weighted by atomic mass is 19.3. The molecule has 0 aliphatic carbocycles. The van der Waals surface area contributed by atoms with Crippen LogP contribution in [0.1, 0.15) is 12.0 Å². The summed E-state index contributed by atoms with van der Waals surface area (Å²) in [6.07, 6.45) is -1.15. The predicted molar refractivity (Wildman–Crippen MR) is 77.6 cm³/mol. The zero-order valence-electron chi connectivity index (χ0n) is 11.0. The number of ether oxygens (including phenoxy) is 1. The van der Waals surface area contributed by atoms with Crippen LogP contribution in [0.25, 0.3) is 10.9 Å². The summed E-state index contributed by atoms with van der Waals surface area (Å²) < 4.78 is 31.6. The maximum atomic E-state index is 13.0. The Bertz CT molecular complexity index is 790. The van der Waals surface area contributed by atoms with Crippen LogP contribution >= 0.6 is 0 Å². The summed E-state index contributed by atoms with van der Waals surface area (Å²) in [5.41, 5.74) is 6.39. The van der Waals surface area contributed by atoms with E-state index in [1.807, 2.05) is 24.3 Å². The van der Waals surface area contributed by atoms with Crippen molar-refractivity contribution in [2.24, 2.45) is 0 Å². The summed E-state index contributed by atoms with van der Waals surface area (Å²) >= 11 is 0. The average molecular weight is 286 g/mol. The molecule has 0 saturated carbocycles. The zero-order chi connectivity index (χ0) is 14.8. The van der Waals surface area contributed by atoms with Gasteiger partial charge in [-0.25, -0.2) is 8.78 Å². The molecule has 0 saturated heterocycles. The molecule has 1 heterocycles. The number of alkyl halides is 2. The number of para-hydroxylation sites is 1. The van der Waals surface area contributed by atoms with Gasteiger partial charge in [0.1, 0.15) is 11.5 Å². The normalized spacial score (nSPS) is 11.0. The highest BCUT2D eigenvalue weighted by Gasteiger charge is 2.15. The Morgan fingerprint density at radius 1 is 1.05 bits per heavy atom. The molecule has 5 heteroatoms. The smallest absolute Gasteiger partial charge is 0.267 e. The molecule has 0 radical (unpaired) electrons. The highest BCUT2D eigenvalue weighted by molar-refractivity contribution is 5.79. The van der Waals surface area contributed by atoms with E-state index in [9.17, 15) is 8.78 Å². The Morgan fingerprint density at radius 2 is 1.86 bits per heavy atom. The monoisotopic (exact) mass is 286 g/mol. The minimum Gasteiger partial charge on any atom is -0.455 e. The third-order valence-corrected chi connectivity index (χ3v) is 3.06. The van der Waals surface area contributed by atoms with Crippen LogP contribution in [0, 0.1) is 0 Å². The fourth-order valence-electron chi connectivity index (χ4n) is 2.06. The Morgan fingerprint density at radius 3 is 2.67 bits per heavy atom. The zero-order valence-corrected chi connectivity index (χ0v) is 11.0. The van der Waals surface area contributed by atoms with Crippen LogP contribution in [-0.4, -0.2) is 4.98 Å². The van der Waals surface area contributed by atoms with Crippen LogP contribution in [-0.2, 0) is 0 Å². The van der Waals surface area contributed by atoms with Crippen molar-refractivity contribution >= 4 is 16.6 Å². The molecule has 0 atom stereocenters. The molecule has 0 fully saturated rings. The van der Waals surface area contributed by atoms with Gasteiger partial charge < -0.3 is 10.5 Å². The number of hydrogen-bond donors (Lipinski definition) is 1. The summed E-state index contributed by atoms with van der Waals surface area (Å²) in [5, 5.41) is 0.879. The number of nitrogens with zero attached hydrogens (tertiary/aromatic N) is 1. The van der Waals surface area contributed by atoms with E-state index in [1.54, 1.807) is 6.07 Å². The molecule has 3 aromatic rings. The number of anilines is 1. The van der Waals surface area contributed by atoms with E-state index >= 15 is 0 Å². The number of nitrogens with two attached hydrogens (primary N) is 1. The van der Waals surface area contributed by atoms with E-state index in [0.717, 1.165) is 10.9 Å². The number of pyridine rings is 1. The molecule has 0 amide bonds. The third-order valence-electron chi connectivity index (χ3n) is 3.06. The van der Waals surface area contributed by atoms with E-state index in [-0.39, 0.29) is 17.0 Å².